The maximum absolute atomic E-state index is 14.0. The van der Waals surface area contributed by atoms with Crippen LogP contribution in [0.2, 0.25) is 5.02 Å². The molecule has 0 amide bonds. The lowest BCUT2D eigenvalue weighted by molar-refractivity contribution is 0.00238. The Labute approximate surface area is 212 Å². The van der Waals surface area contributed by atoms with E-state index in [1.54, 1.807) is 50.6 Å². The zero-order valence-corrected chi connectivity index (χ0v) is 20.9. The van der Waals surface area contributed by atoms with Gasteiger partial charge in [0.25, 0.3) is 11.1 Å². The predicted octanol–water partition coefficient (Wildman–Crippen LogP) is 4.35. The fourth-order valence-electron chi connectivity index (χ4n) is 5.03. The molecule has 1 aliphatic carbocycles. The molecule has 6 rings (SSSR count). The molecule has 2 fully saturated rings. The van der Waals surface area contributed by atoms with Crippen molar-refractivity contribution in [1.82, 2.24) is 24.1 Å². The van der Waals surface area contributed by atoms with Gasteiger partial charge in [-0.25, -0.2) is 15.0 Å². The zero-order chi connectivity index (χ0) is 25.0. The average molecular weight is 504 g/mol. The van der Waals surface area contributed by atoms with Gasteiger partial charge in [0.1, 0.15) is 18.3 Å². The first-order valence-corrected chi connectivity index (χ1v) is 12.6. The van der Waals surface area contributed by atoms with Crippen molar-refractivity contribution in [2.24, 2.45) is 7.05 Å². The summed E-state index contributed by atoms with van der Waals surface area (Å²) in [6.07, 6.45) is 4.97. The van der Waals surface area contributed by atoms with E-state index in [0.29, 0.717) is 58.5 Å². The maximum atomic E-state index is 14.0. The van der Waals surface area contributed by atoms with Gasteiger partial charge in [-0.1, -0.05) is 11.6 Å². The number of halogens is 1. The number of hydrogen-bond donors (Lipinski definition) is 0. The van der Waals surface area contributed by atoms with Crippen LogP contribution in [0.25, 0.3) is 16.7 Å². The molecular weight excluding hydrogens is 478 g/mol. The number of nitrogens with zero attached hydrogens (tertiary/aromatic N) is 5. The molecule has 0 unspecified atom stereocenters. The van der Waals surface area contributed by atoms with Crippen LogP contribution in [-0.2, 0) is 11.8 Å². The van der Waals surface area contributed by atoms with E-state index in [2.05, 4.69) is 15.0 Å². The van der Waals surface area contributed by atoms with E-state index in [1.165, 1.54) is 9.13 Å². The largest absolute Gasteiger partial charge is 0.372 e. The average Bonchev–Trinajstić information content (AvgIpc) is 3.74. The zero-order valence-electron chi connectivity index (χ0n) is 20.1. The minimum atomic E-state index is -0.234. The van der Waals surface area contributed by atoms with Gasteiger partial charge in [0, 0.05) is 35.9 Å². The van der Waals surface area contributed by atoms with Crippen LogP contribution in [0.1, 0.15) is 66.4 Å². The topological polar surface area (TPSA) is 91.9 Å². The van der Waals surface area contributed by atoms with Crippen LogP contribution < -0.4 is 11.1 Å². The molecule has 1 aliphatic heterocycles. The minimum absolute atomic E-state index is 0.0930. The van der Waals surface area contributed by atoms with E-state index in [1.807, 2.05) is 6.07 Å². The van der Waals surface area contributed by atoms with E-state index in [4.69, 9.17) is 16.3 Å². The summed E-state index contributed by atoms with van der Waals surface area (Å²) in [6, 6.07) is 10.8. The number of ether oxygens (including phenoxy) is 1. The lowest BCUT2D eigenvalue weighted by Crippen LogP contribution is -2.31. The van der Waals surface area contributed by atoms with Gasteiger partial charge in [0.15, 0.2) is 5.65 Å². The van der Waals surface area contributed by atoms with E-state index in [-0.39, 0.29) is 23.1 Å². The molecule has 2 aliphatic rings. The van der Waals surface area contributed by atoms with Crippen LogP contribution in [-0.4, -0.2) is 30.7 Å². The van der Waals surface area contributed by atoms with E-state index >= 15 is 0 Å². The SMILES string of the molecule is Cc1nc2c(cc([C@H]3CCO[C@@H](c4cc(C5CC5)ncn4)C3)c(=O)n2-c2ccc(Cl)cc2)c(=O)n1C. The molecule has 36 heavy (non-hydrogen) atoms. The second-order valence-corrected chi connectivity index (χ2v) is 10.1. The number of hydrogen-bond acceptors (Lipinski definition) is 6. The smallest absolute Gasteiger partial charge is 0.262 e. The Balaban J connectivity index is 1.48. The minimum Gasteiger partial charge on any atom is -0.372 e. The standard InChI is InChI=1S/C27H26ClN5O3/c1-15-31-25-21(26(34)32(15)2)12-20(27(35)33(25)19-7-5-18(28)6-8-19)17-9-10-36-24(11-17)23-13-22(16-3-4-16)29-14-30-23/h5-8,12-14,16-17,24H,3-4,9-11H2,1-2H3/t17-,24+/m0/s1. The lowest BCUT2D eigenvalue weighted by Gasteiger charge is -2.29. The van der Waals surface area contributed by atoms with E-state index in [0.717, 1.165) is 24.2 Å². The summed E-state index contributed by atoms with van der Waals surface area (Å²) in [4.78, 5) is 40.8. The quantitative estimate of drug-likeness (QED) is 0.411. The molecule has 4 heterocycles. The van der Waals surface area contributed by atoms with Crippen molar-refractivity contribution in [3.63, 3.8) is 0 Å². The van der Waals surface area contributed by atoms with Crippen molar-refractivity contribution in [1.29, 1.82) is 0 Å². The number of benzene rings is 1. The molecule has 0 N–H and O–H groups in total. The number of pyridine rings is 1. The van der Waals surface area contributed by atoms with Crippen LogP contribution in [0.5, 0.6) is 0 Å². The first-order valence-electron chi connectivity index (χ1n) is 12.2. The Kier molecular flexibility index (Phi) is 5.73. The molecular formula is C27H26ClN5O3. The van der Waals surface area contributed by atoms with Crippen molar-refractivity contribution < 1.29 is 4.74 Å². The normalized spacial score (nSPS) is 20.1. The number of aryl methyl sites for hydroxylation is 1. The third kappa shape index (κ3) is 4.04. The molecule has 4 aromatic rings. The predicted molar refractivity (Wildman–Crippen MR) is 137 cm³/mol. The van der Waals surface area contributed by atoms with Gasteiger partial charge >= 0.3 is 0 Å². The summed E-state index contributed by atoms with van der Waals surface area (Å²) >= 11 is 6.11. The third-order valence-electron chi connectivity index (χ3n) is 7.33. The Hall–Kier alpha value is -3.36. The molecule has 0 radical (unpaired) electrons. The van der Waals surface area contributed by atoms with Crippen molar-refractivity contribution in [3.8, 4) is 5.69 Å². The third-order valence-corrected chi connectivity index (χ3v) is 7.59. The Morgan fingerprint density at radius 3 is 2.47 bits per heavy atom. The van der Waals surface area contributed by atoms with E-state index in [9.17, 15) is 9.59 Å². The lowest BCUT2D eigenvalue weighted by atomic mass is 9.87. The molecule has 2 atom stereocenters. The summed E-state index contributed by atoms with van der Waals surface area (Å²) in [7, 11) is 1.69. The van der Waals surface area contributed by atoms with Crippen LogP contribution in [0.4, 0.5) is 0 Å². The fraction of sp³-hybridized carbons (Fsp3) is 0.370. The van der Waals surface area contributed by atoms with Gasteiger partial charge in [0.2, 0.25) is 0 Å². The number of fused-ring (bicyclic) bond motifs is 1. The van der Waals surface area contributed by atoms with Crippen molar-refractivity contribution in [2.75, 3.05) is 6.61 Å². The van der Waals surface area contributed by atoms with Gasteiger partial charge in [0.05, 0.1) is 16.8 Å². The van der Waals surface area contributed by atoms with Crippen LogP contribution >= 0.6 is 11.6 Å². The molecule has 1 saturated heterocycles. The van der Waals surface area contributed by atoms with Crippen LogP contribution in [0, 0.1) is 6.92 Å². The van der Waals surface area contributed by atoms with Crippen molar-refractivity contribution in [3.05, 3.63) is 91.2 Å². The molecule has 3 aromatic heterocycles. The van der Waals surface area contributed by atoms with Gasteiger partial charge in [-0.3, -0.25) is 18.7 Å². The molecule has 0 bridgehead atoms. The molecule has 1 saturated carbocycles. The van der Waals surface area contributed by atoms with Gasteiger partial charge in [-0.05, 0) is 74.9 Å². The van der Waals surface area contributed by atoms with Crippen LogP contribution in [0.15, 0.2) is 52.3 Å². The number of rotatable bonds is 4. The highest BCUT2D eigenvalue weighted by atomic mass is 35.5. The van der Waals surface area contributed by atoms with Gasteiger partial charge < -0.3 is 4.74 Å². The van der Waals surface area contributed by atoms with Gasteiger partial charge in [-0.2, -0.15) is 0 Å². The maximum Gasteiger partial charge on any atom is 0.262 e. The van der Waals surface area contributed by atoms with Crippen molar-refractivity contribution >= 4 is 22.6 Å². The van der Waals surface area contributed by atoms with E-state index < -0.39 is 0 Å². The molecule has 1 aromatic carbocycles. The summed E-state index contributed by atoms with van der Waals surface area (Å²) in [5.74, 6) is 0.957. The van der Waals surface area contributed by atoms with Gasteiger partial charge in [-0.15, -0.1) is 0 Å². The summed E-state index contributed by atoms with van der Waals surface area (Å²) in [5, 5.41) is 0.976. The molecule has 8 nitrogen and oxygen atoms in total. The highest BCUT2D eigenvalue weighted by molar-refractivity contribution is 6.30. The molecule has 9 heteroatoms. The summed E-state index contributed by atoms with van der Waals surface area (Å²) in [5.41, 5.74) is 3.09. The Bertz CT molecular complexity index is 1590. The highest BCUT2D eigenvalue weighted by Crippen LogP contribution is 2.41. The molecule has 184 valence electrons. The van der Waals surface area contributed by atoms with Crippen molar-refractivity contribution in [2.45, 2.75) is 50.5 Å². The Morgan fingerprint density at radius 1 is 0.972 bits per heavy atom. The first-order chi connectivity index (χ1) is 17.4. The Morgan fingerprint density at radius 2 is 1.72 bits per heavy atom. The monoisotopic (exact) mass is 503 g/mol. The fourth-order valence-corrected chi connectivity index (χ4v) is 5.15. The second-order valence-electron chi connectivity index (χ2n) is 9.70. The highest BCUT2D eigenvalue weighted by Gasteiger charge is 2.31. The molecule has 0 spiro atoms. The summed E-state index contributed by atoms with van der Waals surface area (Å²) in [6.45, 7) is 2.26. The first kappa shape index (κ1) is 23.1. The second kappa shape index (κ2) is 8.94. The number of aromatic nitrogens is 5. The summed E-state index contributed by atoms with van der Waals surface area (Å²) < 4.78 is 9.14. The van der Waals surface area contributed by atoms with Crippen LogP contribution in [0.3, 0.4) is 0 Å².